The van der Waals surface area contributed by atoms with E-state index in [1.165, 1.54) is 6.07 Å². The van der Waals surface area contributed by atoms with Gasteiger partial charge in [-0.3, -0.25) is 0 Å². The number of hydrogen-bond acceptors (Lipinski definition) is 1. The Labute approximate surface area is 111 Å². The number of rotatable bonds is 2. The topological polar surface area (TPSA) is 9.23 Å². The summed E-state index contributed by atoms with van der Waals surface area (Å²) in [5, 5.41) is 0. The minimum absolute atomic E-state index is 0.0236. The lowest BCUT2D eigenvalue weighted by atomic mass is 10.3. The Bertz CT molecular complexity index is 393. The van der Waals surface area contributed by atoms with Gasteiger partial charge in [-0.15, -0.1) is 0 Å². The van der Waals surface area contributed by atoms with Crippen LogP contribution in [0.2, 0.25) is 19.6 Å². The number of benzene rings is 1. The summed E-state index contributed by atoms with van der Waals surface area (Å²) < 4.78 is 33.0. The van der Waals surface area contributed by atoms with Gasteiger partial charge in [-0.1, -0.05) is 0 Å². The van der Waals surface area contributed by atoms with Crippen LogP contribution < -0.4 is 4.43 Å². The maximum absolute atomic E-state index is 13.5. The summed E-state index contributed by atoms with van der Waals surface area (Å²) in [7, 11) is -1.93. The summed E-state index contributed by atoms with van der Waals surface area (Å²) in [6.07, 6.45) is 0. The van der Waals surface area contributed by atoms with Crippen molar-refractivity contribution in [3.05, 3.63) is 25.7 Å². The van der Waals surface area contributed by atoms with Crippen molar-refractivity contribution in [1.82, 2.24) is 0 Å². The van der Waals surface area contributed by atoms with E-state index in [4.69, 9.17) is 4.43 Å². The Hall–Kier alpha value is 0.307. The summed E-state index contributed by atoms with van der Waals surface area (Å²) in [6.45, 7) is 5.76. The van der Waals surface area contributed by atoms with Gasteiger partial charge in [0.1, 0.15) is 0 Å². The first-order chi connectivity index (χ1) is 6.72. The summed E-state index contributed by atoms with van der Waals surface area (Å²) in [6, 6.07) is 1.51. The van der Waals surface area contributed by atoms with Crippen molar-refractivity contribution >= 4 is 46.8 Å². The fraction of sp³-hybridized carbons (Fsp3) is 0.333. The molecule has 0 fully saturated rings. The normalized spacial score (nSPS) is 11.7. The van der Waals surface area contributed by atoms with Gasteiger partial charge in [0.15, 0.2) is 11.6 Å². The van der Waals surface area contributed by atoms with Gasteiger partial charge in [0, 0.05) is 0 Å². The molecule has 0 heterocycles. The molecule has 0 radical (unpaired) electrons. The molecule has 0 aromatic heterocycles. The van der Waals surface area contributed by atoms with E-state index >= 15 is 0 Å². The molecule has 1 aromatic carbocycles. The third-order valence-corrected chi connectivity index (χ3v) is 3.68. The fourth-order valence-corrected chi connectivity index (χ4v) is 3.46. The molecule has 0 saturated carbocycles. The van der Waals surface area contributed by atoms with Gasteiger partial charge in [-0.05, 0) is 64.2 Å². The van der Waals surface area contributed by atoms with Gasteiger partial charge < -0.3 is 4.43 Å². The number of hydrogen-bond donors (Lipinski definition) is 0. The number of halogens is 4. The van der Waals surface area contributed by atoms with Gasteiger partial charge in [-0.25, -0.2) is 4.39 Å². The van der Waals surface area contributed by atoms with Crippen LogP contribution in [-0.2, 0) is 0 Å². The smallest absolute Gasteiger partial charge is 0.242 e. The first-order valence-corrected chi connectivity index (χ1v) is 9.52. The van der Waals surface area contributed by atoms with Crippen molar-refractivity contribution in [2.45, 2.75) is 19.6 Å². The molecule has 1 nitrogen and oxygen atoms in total. The minimum Gasteiger partial charge on any atom is -0.542 e. The third kappa shape index (κ3) is 3.38. The van der Waals surface area contributed by atoms with Crippen LogP contribution in [-0.4, -0.2) is 8.32 Å². The van der Waals surface area contributed by atoms with Crippen LogP contribution in [0.5, 0.6) is 5.75 Å². The Morgan fingerprint density at radius 3 is 2.27 bits per heavy atom. The second kappa shape index (κ2) is 4.66. The highest BCUT2D eigenvalue weighted by Crippen LogP contribution is 2.33. The Kier molecular flexibility index (Phi) is 4.16. The maximum atomic E-state index is 13.5. The zero-order valence-corrected chi connectivity index (χ0v) is 13.2. The molecule has 0 bridgehead atoms. The second-order valence-electron chi connectivity index (χ2n) is 4.01. The molecule has 1 aromatic rings. The third-order valence-electron chi connectivity index (χ3n) is 1.48. The van der Waals surface area contributed by atoms with Crippen molar-refractivity contribution in [2.24, 2.45) is 0 Å². The zero-order chi connectivity index (χ0) is 11.8. The van der Waals surface area contributed by atoms with E-state index in [1.807, 2.05) is 42.2 Å². The van der Waals surface area contributed by atoms with Crippen molar-refractivity contribution in [1.29, 1.82) is 0 Å². The van der Waals surface area contributed by atoms with Crippen LogP contribution in [0.4, 0.5) is 8.78 Å². The largest absolute Gasteiger partial charge is 0.542 e. The van der Waals surface area contributed by atoms with Crippen LogP contribution in [0.15, 0.2) is 10.5 Å². The van der Waals surface area contributed by atoms with E-state index in [-0.39, 0.29) is 10.2 Å². The molecule has 0 aliphatic rings. The Morgan fingerprint density at radius 1 is 1.27 bits per heavy atom. The van der Waals surface area contributed by atoms with Gasteiger partial charge in [0.25, 0.3) is 0 Å². The molecule has 15 heavy (non-hydrogen) atoms. The molecule has 1 rings (SSSR count). The molecule has 0 unspecified atom stereocenters. The molecule has 84 valence electrons. The average Bonchev–Trinajstić information content (AvgIpc) is 2.07. The SMILES string of the molecule is C[Si](C)(C)Oc1c(I)cc(Br)c(F)c1F. The molecule has 0 spiro atoms. The van der Waals surface area contributed by atoms with Crippen molar-refractivity contribution in [3.63, 3.8) is 0 Å². The van der Waals surface area contributed by atoms with Gasteiger partial charge in [-0.2, -0.15) is 4.39 Å². The van der Waals surface area contributed by atoms with E-state index in [0.717, 1.165) is 0 Å². The first-order valence-electron chi connectivity index (χ1n) is 4.24. The Morgan fingerprint density at radius 2 is 1.80 bits per heavy atom. The summed E-state index contributed by atoms with van der Waals surface area (Å²) in [5.74, 6) is -1.80. The molecule has 0 saturated heterocycles. The summed E-state index contributed by atoms with van der Waals surface area (Å²) >= 11 is 4.88. The predicted octanol–water partition coefficient (Wildman–Crippen LogP) is 4.55. The van der Waals surface area contributed by atoms with Gasteiger partial charge in [0.2, 0.25) is 14.1 Å². The molecular weight excluding hydrogens is 397 g/mol. The molecular formula is C9H10BrF2IOSi. The van der Waals surface area contributed by atoms with Gasteiger partial charge in [0.05, 0.1) is 8.04 Å². The molecule has 0 aliphatic heterocycles. The quantitative estimate of drug-likeness (QED) is 0.303. The predicted molar refractivity (Wildman–Crippen MR) is 70.7 cm³/mol. The first kappa shape index (κ1) is 13.4. The maximum Gasteiger partial charge on any atom is 0.242 e. The van der Waals surface area contributed by atoms with Gasteiger partial charge >= 0.3 is 0 Å². The summed E-state index contributed by atoms with van der Waals surface area (Å²) in [4.78, 5) is 0. The average molecular weight is 407 g/mol. The molecule has 6 heteroatoms. The zero-order valence-electron chi connectivity index (χ0n) is 8.50. The van der Waals surface area contributed by atoms with E-state index in [9.17, 15) is 8.78 Å². The van der Waals surface area contributed by atoms with E-state index < -0.39 is 20.0 Å². The highest BCUT2D eigenvalue weighted by atomic mass is 127. The van der Waals surface area contributed by atoms with E-state index in [0.29, 0.717) is 3.57 Å². The van der Waals surface area contributed by atoms with Crippen molar-refractivity contribution < 1.29 is 13.2 Å². The van der Waals surface area contributed by atoms with Crippen molar-refractivity contribution in [2.75, 3.05) is 0 Å². The lowest BCUT2D eigenvalue weighted by molar-refractivity contribution is 0.444. The lowest BCUT2D eigenvalue weighted by Gasteiger charge is -2.21. The standard InChI is InChI=1S/C9H10BrF2IOSi/c1-15(2,3)14-9-6(13)4-5(10)7(11)8(9)12/h4H,1-3H3. The molecule has 0 aliphatic carbocycles. The fourth-order valence-electron chi connectivity index (χ4n) is 0.949. The Balaban J connectivity index is 3.24. The summed E-state index contributed by atoms with van der Waals surface area (Å²) in [5.41, 5.74) is 0. The van der Waals surface area contributed by atoms with Crippen molar-refractivity contribution in [3.8, 4) is 5.75 Å². The second-order valence-corrected chi connectivity index (χ2v) is 10.5. The minimum atomic E-state index is -1.93. The van der Waals surface area contributed by atoms with Crippen LogP contribution in [0.25, 0.3) is 0 Å². The van der Waals surface area contributed by atoms with Crippen LogP contribution in [0, 0.1) is 15.2 Å². The van der Waals surface area contributed by atoms with E-state index in [2.05, 4.69) is 15.9 Å². The lowest BCUT2D eigenvalue weighted by Crippen LogP contribution is -2.30. The van der Waals surface area contributed by atoms with Crippen LogP contribution in [0.3, 0.4) is 0 Å². The van der Waals surface area contributed by atoms with E-state index in [1.54, 1.807) is 0 Å². The molecule has 0 N–H and O–H groups in total. The molecule has 0 atom stereocenters. The monoisotopic (exact) mass is 406 g/mol. The highest BCUT2D eigenvalue weighted by molar-refractivity contribution is 14.1. The molecule has 0 amide bonds. The van der Waals surface area contributed by atoms with Crippen LogP contribution in [0.1, 0.15) is 0 Å². The van der Waals surface area contributed by atoms with Crippen LogP contribution >= 0.6 is 38.5 Å². The highest BCUT2D eigenvalue weighted by Gasteiger charge is 2.23.